The van der Waals surface area contributed by atoms with E-state index in [-0.39, 0.29) is 11.5 Å². The molecule has 0 radical (unpaired) electrons. The smallest absolute Gasteiger partial charge is 0.382 e. The van der Waals surface area contributed by atoms with Crippen molar-refractivity contribution >= 4 is 29.0 Å². The number of fused-ring (bicyclic) bond motifs is 1. The van der Waals surface area contributed by atoms with Gasteiger partial charge in [0.1, 0.15) is 5.65 Å². The number of hydrogen-bond acceptors (Lipinski definition) is 6. The number of pyridine rings is 1. The van der Waals surface area contributed by atoms with Crippen LogP contribution in [-0.4, -0.2) is 19.7 Å². The third-order valence-corrected chi connectivity index (χ3v) is 3.75. The maximum atomic E-state index is 12.1. The highest BCUT2D eigenvalue weighted by atomic mass is 32.1. The maximum Gasteiger partial charge on any atom is 0.399 e. The normalized spacial score (nSPS) is 10.9. The molecule has 0 aliphatic carbocycles. The summed E-state index contributed by atoms with van der Waals surface area (Å²) in [5.41, 5.74) is 7.65. The van der Waals surface area contributed by atoms with Gasteiger partial charge in [0.2, 0.25) is 0 Å². The van der Waals surface area contributed by atoms with Gasteiger partial charge < -0.3 is 5.73 Å². The van der Waals surface area contributed by atoms with Crippen LogP contribution in [0.4, 0.5) is 10.3 Å². The van der Waals surface area contributed by atoms with Crippen molar-refractivity contribution in [2.24, 2.45) is 0 Å². The van der Waals surface area contributed by atoms with Crippen LogP contribution in [0.3, 0.4) is 0 Å². The Labute approximate surface area is 116 Å². The first-order valence-corrected chi connectivity index (χ1v) is 6.41. The summed E-state index contributed by atoms with van der Waals surface area (Å²) in [5, 5.41) is 0. The first-order chi connectivity index (χ1) is 9.60. The average Bonchev–Trinajstić information content (AvgIpc) is 3.00. The lowest BCUT2D eigenvalue weighted by Crippen LogP contribution is -2.06. The molecular weight excluding hydrogens is 283 g/mol. The molecule has 0 spiro atoms. The molecule has 0 bridgehead atoms. The predicted octanol–water partition coefficient (Wildman–Crippen LogP) is 2.39. The second-order valence-corrected chi connectivity index (χ2v) is 4.99. The van der Waals surface area contributed by atoms with E-state index in [0.717, 1.165) is 16.1 Å². The number of hydrogen-bond donors (Lipinski definition) is 1. The second-order valence-electron chi connectivity index (χ2n) is 4.19. The number of carbonyl (C=O) groups is 1. The van der Waals surface area contributed by atoms with E-state index in [4.69, 9.17) is 5.73 Å². The summed E-state index contributed by atoms with van der Waals surface area (Å²) >= 11 is 1.33. The molecule has 0 fully saturated rings. The highest BCUT2D eigenvalue weighted by molar-refractivity contribution is 7.09. The number of anilines is 1. The maximum absolute atomic E-state index is 12.1. The van der Waals surface area contributed by atoms with Gasteiger partial charge in [0.05, 0.1) is 10.6 Å². The van der Waals surface area contributed by atoms with Crippen molar-refractivity contribution in [3.63, 3.8) is 0 Å². The van der Waals surface area contributed by atoms with E-state index in [2.05, 4.69) is 14.3 Å². The molecule has 0 aliphatic rings. The Balaban J connectivity index is 2.21. The van der Waals surface area contributed by atoms with Gasteiger partial charge in [-0.15, -0.1) is 0 Å². The van der Waals surface area contributed by atoms with E-state index in [0.29, 0.717) is 5.65 Å². The van der Waals surface area contributed by atoms with Crippen molar-refractivity contribution in [3.8, 4) is 10.4 Å². The number of aromatic nitrogens is 3. The third-order valence-electron chi connectivity index (χ3n) is 2.82. The third kappa shape index (κ3) is 1.90. The number of nitrogens with two attached hydrogens (primary N) is 1. The van der Waals surface area contributed by atoms with E-state index in [1.807, 2.05) is 19.1 Å². The Morgan fingerprint density at radius 2 is 2.30 bits per heavy atom. The molecule has 0 unspecified atom stereocenters. The number of aryl methyl sites for hydroxylation is 1. The molecule has 3 aromatic heterocycles. The number of imidazole rings is 1. The fourth-order valence-corrected chi connectivity index (χ4v) is 2.69. The van der Waals surface area contributed by atoms with Gasteiger partial charge in [0.15, 0.2) is 11.5 Å². The van der Waals surface area contributed by atoms with Gasteiger partial charge in [-0.25, -0.2) is 14.7 Å². The molecule has 6 nitrogen and oxygen atoms in total. The lowest BCUT2D eigenvalue weighted by molar-refractivity contribution is -0.0793. The van der Waals surface area contributed by atoms with E-state index in [9.17, 15) is 9.32 Å². The quantitative estimate of drug-likeness (QED) is 0.784. The molecule has 0 saturated heterocycles. The molecule has 3 aromatic rings. The van der Waals surface area contributed by atoms with Gasteiger partial charge >= 0.3 is 5.97 Å². The monoisotopic (exact) mass is 292 g/mol. The molecule has 0 saturated carbocycles. The molecule has 8 heteroatoms. The molecule has 0 atom stereocenters. The predicted molar refractivity (Wildman–Crippen MR) is 72.0 cm³/mol. The minimum atomic E-state index is -1.17. The SMILES string of the molecule is Cc1cc(-c2ccc3nc(N)c(C(=O)OF)n3c2)sn1. The van der Waals surface area contributed by atoms with Gasteiger partial charge in [-0.2, -0.15) is 4.37 Å². The topological polar surface area (TPSA) is 82.5 Å². The van der Waals surface area contributed by atoms with Gasteiger partial charge in [0, 0.05) is 16.3 Å². The Hall–Kier alpha value is -2.48. The Morgan fingerprint density at radius 3 is 2.95 bits per heavy atom. The molecule has 0 aromatic carbocycles. The van der Waals surface area contributed by atoms with Gasteiger partial charge in [-0.1, -0.05) is 0 Å². The molecule has 3 rings (SSSR count). The van der Waals surface area contributed by atoms with Crippen molar-refractivity contribution < 1.29 is 14.3 Å². The van der Waals surface area contributed by atoms with Crippen molar-refractivity contribution in [2.75, 3.05) is 5.73 Å². The van der Waals surface area contributed by atoms with Crippen LogP contribution >= 0.6 is 11.5 Å². The molecule has 102 valence electrons. The van der Waals surface area contributed by atoms with Crippen molar-refractivity contribution in [1.82, 2.24) is 13.8 Å². The standard InChI is InChI=1S/C12H9FN4O2S/c1-6-4-8(20-16-6)7-2-3-9-15-11(14)10(12(18)19-13)17(9)5-7/h2-5H,14H2,1H3. The van der Waals surface area contributed by atoms with Gasteiger partial charge in [-0.3, -0.25) is 4.40 Å². The summed E-state index contributed by atoms with van der Waals surface area (Å²) < 4.78 is 17.7. The van der Waals surface area contributed by atoms with E-state index in [1.165, 1.54) is 15.9 Å². The number of carbonyl (C=O) groups excluding carboxylic acids is 1. The summed E-state index contributed by atoms with van der Waals surface area (Å²) in [6, 6.07) is 5.44. The summed E-state index contributed by atoms with van der Waals surface area (Å²) in [7, 11) is 0. The zero-order valence-corrected chi connectivity index (χ0v) is 11.1. The summed E-state index contributed by atoms with van der Waals surface area (Å²) in [4.78, 5) is 19.6. The van der Waals surface area contributed by atoms with E-state index < -0.39 is 5.97 Å². The highest BCUT2D eigenvalue weighted by Gasteiger charge is 2.20. The van der Waals surface area contributed by atoms with Gasteiger partial charge in [0.25, 0.3) is 0 Å². The minimum Gasteiger partial charge on any atom is -0.382 e. The van der Waals surface area contributed by atoms with Crippen LogP contribution in [0.5, 0.6) is 0 Å². The van der Waals surface area contributed by atoms with Crippen molar-refractivity contribution in [2.45, 2.75) is 6.92 Å². The molecule has 2 N–H and O–H groups in total. The zero-order valence-electron chi connectivity index (χ0n) is 10.3. The number of halogens is 1. The molecular formula is C12H9FN4O2S. The van der Waals surface area contributed by atoms with Crippen LogP contribution in [0.1, 0.15) is 16.2 Å². The number of nitrogens with zero attached hydrogens (tertiary/aromatic N) is 3. The highest BCUT2D eigenvalue weighted by Crippen LogP contribution is 2.26. The Bertz CT molecular complexity index is 811. The van der Waals surface area contributed by atoms with Crippen molar-refractivity contribution in [3.05, 3.63) is 35.8 Å². The molecule has 3 heterocycles. The van der Waals surface area contributed by atoms with Crippen LogP contribution in [0.15, 0.2) is 24.4 Å². The summed E-state index contributed by atoms with van der Waals surface area (Å²) in [5.74, 6) is -1.25. The van der Waals surface area contributed by atoms with Crippen LogP contribution < -0.4 is 5.73 Å². The Kier molecular flexibility index (Phi) is 2.87. The summed E-state index contributed by atoms with van der Waals surface area (Å²) in [6.45, 7) is 1.89. The minimum absolute atomic E-state index is 0.0784. The van der Waals surface area contributed by atoms with E-state index >= 15 is 0 Å². The first kappa shape index (κ1) is 12.5. The van der Waals surface area contributed by atoms with Crippen LogP contribution in [0.2, 0.25) is 0 Å². The van der Waals surface area contributed by atoms with Crippen LogP contribution in [0.25, 0.3) is 16.1 Å². The largest absolute Gasteiger partial charge is 0.399 e. The second kappa shape index (κ2) is 4.57. The Morgan fingerprint density at radius 1 is 1.50 bits per heavy atom. The fraction of sp³-hybridized carbons (Fsp3) is 0.0833. The molecule has 0 aliphatic heterocycles. The molecule has 20 heavy (non-hydrogen) atoms. The van der Waals surface area contributed by atoms with Gasteiger partial charge in [-0.05, 0) is 36.7 Å². The lowest BCUT2D eigenvalue weighted by Gasteiger charge is -2.01. The summed E-state index contributed by atoms with van der Waals surface area (Å²) in [6.07, 6.45) is 1.65. The van der Waals surface area contributed by atoms with Crippen LogP contribution in [-0.2, 0) is 4.94 Å². The fourth-order valence-electron chi connectivity index (χ4n) is 1.95. The first-order valence-electron chi connectivity index (χ1n) is 5.64. The van der Waals surface area contributed by atoms with E-state index in [1.54, 1.807) is 12.3 Å². The zero-order chi connectivity index (χ0) is 14.3. The lowest BCUT2D eigenvalue weighted by atomic mass is 10.2. The van der Waals surface area contributed by atoms with Crippen molar-refractivity contribution in [1.29, 1.82) is 0 Å². The number of rotatable bonds is 2. The number of nitrogen functional groups attached to an aromatic ring is 1. The molecule has 0 amide bonds. The van der Waals surface area contributed by atoms with Crippen LogP contribution in [0, 0.1) is 6.92 Å². The average molecular weight is 292 g/mol.